The van der Waals surface area contributed by atoms with Crippen LogP contribution in [0, 0.1) is 0 Å². The summed E-state index contributed by atoms with van der Waals surface area (Å²) >= 11 is 5.49. The third-order valence-corrected chi connectivity index (χ3v) is 2.62. The van der Waals surface area contributed by atoms with Gasteiger partial charge in [-0.15, -0.1) is 0 Å². The number of rotatable bonds is 2. The van der Waals surface area contributed by atoms with Gasteiger partial charge in [0.1, 0.15) is 17.6 Å². The summed E-state index contributed by atoms with van der Waals surface area (Å²) in [4.78, 5) is 11.2. The zero-order valence-electron chi connectivity index (χ0n) is 8.54. The molecule has 0 saturated heterocycles. The number of fused-ring (bicyclic) bond motifs is 1. The number of benzene rings is 1. The van der Waals surface area contributed by atoms with E-state index in [1.807, 2.05) is 13.0 Å². The number of carbonyl (C=O) groups is 1. The van der Waals surface area contributed by atoms with Crippen LogP contribution in [0.5, 0.6) is 11.5 Å². The van der Waals surface area contributed by atoms with Gasteiger partial charge in [0, 0.05) is 12.0 Å². The minimum absolute atomic E-state index is 0.0851. The molecule has 1 heterocycles. The van der Waals surface area contributed by atoms with Crippen LogP contribution in [0.3, 0.4) is 0 Å². The smallest absolute Gasteiger partial charge is 0.256 e. The molecular formula is C11H11ClO3. The molecule has 15 heavy (non-hydrogen) atoms. The minimum Gasteiger partial charge on any atom is -0.497 e. The van der Waals surface area contributed by atoms with Crippen molar-refractivity contribution in [2.24, 2.45) is 0 Å². The van der Waals surface area contributed by atoms with Crippen LogP contribution in [0.15, 0.2) is 12.1 Å². The Morgan fingerprint density at radius 1 is 1.60 bits per heavy atom. The lowest BCUT2D eigenvalue weighted by molar-refractivity contribution is 0.107. The molecule has 1 aromatic carbocycles. The molecule has 0 bridgehead atoms. The van der Waals surface area contributed by atoms with Gasteiger partial charge in [-0.2, -0.15) is 0 Å². The van der Waals surface area contributed by atoms with Gasteiger partial charge < -0.3 is 9.47 Å². The highest BCUT2D eigenvalue weighted by atomic mass is 35.5. The summed E-state index contributed by atoms with van der Waals surface area (Å²) in [5.74, 6) is 1.23. The molecule has 1 atom stereocenters. The third-order valence-electron chi connectivity index (χ3n) is 2.41. The minimum atomic E-state index is -0.515. The Bertz CT molecular complexity index is 415. The fraction of sp³-hybridized carbons (Fsp3) is 0.364. The van der Waals surface area contributed by atoms with Gasteiger partial charge in [0.25, 0.3) is 5.24 Å². The molecule has 0 aliphatic carbocycles. The molecule has 1 aliphatic heterocycles. The predicted molar refractivity (Wildman–Crippen MR) is 57.0 cm³/mol. The highest BCUT2D eigenvalue weighted by molar-refractivity contribution is 6.68. The number of ether oxygens (including phenoxy) is 2. The van der Waals surface area contributed by atoms with Crippen LogP contribution in [-0.2, 0) is 6.42 Å². The van der Waals surface area contributed by atoms with E-state index >= 15 is 0 Å². The summed E-state index contributed by atoms with van der Waals surface area (Å²) in [6.07, 6.45) is 0.867. The van der Waals surface area contributed by atoms with E-state index in [0.29, 0.717) is 17.1 Å². The number of hydrogen-bond donors (Lipinski definition) is 0. The molecule has 0 aromatic heterocycles. The summed E-state index contributed by atoms with van der Waals surface area (Å²) in [5.41, 5.74) is 1.36. The van der Waals surface area contributed by atoms with E-state index in [9.17, 15) is 4.79 Å². The molecular weight excluding hydrogens is 216 g/mol. The summed E-state index contributed by atoms with van der Waals surface area (Å²) in [6, 6.07) is 3.48. The van der Waals surface area contributed by atoms with Crippen LogP contribution in [0.2, 0.25) is 0 Å². The van der Waals surface area contributed by atoms with Crippen LogP contribution in [-0.4, -0.2) is 18.5 Å². The lowest BCUT2D eigenvalue weighted by Gasteiger charge is -2.08. The average Bonchev–Trinajstić information content (AvgIpc) is 2.55. The Kier molecular flexibility index (Phi) is 2.57. The molecule has 1 aromatic rings. The first kappa shape index (κ1) is 10.3. The van der Waals surface area contributed by atoms with Crippen LogP contribution < -0.4 is 9.47 Å². The van der Waals surface area contributed by atoms with E-state index in [1.54, 1.807) is 13.2 Å². The summed E-state index contributed by atoms with van der Waals surface area (Å²) < 4.78 is 10.6. The summed E-state index contributed by atoms with van der Waals surface area (Å²) in [6.45, 7) is 1.95. The lowest BCUT2D eigenvalue weighted by atomic mass is 10.1. The topological polar surface area (TPSA) is 35.5 Å². The first-order valence-corrected chi connectivity index (χ1v) is 5.07. The first-order chi connectivity index (χ1) is 7.11. The molecule has 80 valence electrons. The highest BCUT2D eigenvalue weighted by Crippen LogP contribution is 2.36. The molecule has 0 saturated carbocycles. The zero-order valence-corrected chi connectivity index (χ0v) is 9.30. The van der Waals surface area contributed by atoms with Crippen molar-refractivity contribution in [3.63, 3.8) is 0 Å². The molecule has 2 rings (SSSR count). The van der Waals surface area contributed by atoms with Crippen molar-refractivity contribution in [2.75, 3.05) is 7.11 Å². The van der Waals surface area contributed by atoms with Gasteiger partial charge in [-0.1, -0.05) is 0 Å². The maximum absolute atomic E-state index is 11.2. The Labute approximate surface area is 92.9 Å². The van der Waals surface area contributed by atoms with Gasteiger partial charge in [-0.3, -0.25) is 4.79 Å². The van der Waals surface area contributed by atoms with Crippen LogP contribution in [0.4, 0.5) is 0 Å². The van der Waals surface area contributed by atoms with Gasteiger partial charge in [0.2, 0.25) is 0 Å². The number of carbonyl (C=O) groups excluding carboxylic acids is 1. The summed E-state index contributed by atoms with van der Waals surface area (Å²) in [7, 11) is 1.56. The quantitative estimate of drug-likeness (QED) is 0.727. The zero-order chi connectivity index (χ0) is 11.0. The summed E-state index contributed by atoms with van der Waals surface area (Å²) in [5, 5.41) is -0.515. The van der Waals surface area contributed by atoms with Crippen molar-refractivity contribution in [1.29, 1.82) is 0 Å². The van der Waals surface area contributed by atoms with E-state index in [2.05, 4.69) is 0 Å². The number of methoxy groups -OCH3 is 1. The maximum Gasteiger partial charge on any atom is 0.256 e. The van der Waals surface area contributed by atoms with Gasteiger partial charge in [-0.25, -0.2) is 0 Å². The van der Waals surface area contributed by atoms with E-state index < -0.39 is 5.24 Å². The first-order valence-electron chi connectivity index (χ1n) is 4.69. The maximum atomic E-state index is 11.2. The normalized spacial score (nSPS) is 18.2. The Balaban J connectivity index is 2.55. The van der Waals surface area contributed by atoms with E-state index in [0.717, 1.165) is 12.0 Å². The second-order valence-corrected chi connectivity index (χ2v) is 3.91. The van der Waals surface area contributed by atoms with Crippen LogP contribution in [0.1, 0.15) is 22.8 Å². The highest BCUT2D eigenvalue weighted by Gasteiger charge is 2.25. The SMILES string of the molecule is COc1cc2c(c(C(=O)Cl)c1)OC(C)C2. The van der Waals surface area contributed by atoms with E-state index in [-0.39, 0.29) is 6.10 Å². The van der Waals surface area contributed by atoms with Crippen molar-refractivity contribution in [3.8, 4) is 11.5 Å². The van der Waals surface area contributed by atoms with Crippen LogP contribution >= 0.6 is 11.6 Å². The Hall–Kier alpha value is -1.22. The monoisotopic (exact) mass is 226 g/mol. The fourth-order valence-corrected chi connectivity index (χ4v) is 1.91. The van der Waals surface area contributed by atoms with Crippen LogP contribution in [0.25, 0.3) is 0 Å². The second kappa shape index (κ2) is 3.74. The number of hydrogen-bond acceptors (Lipinski definition) is 3. The predicted octanol–water partition coefficient (Wildman–Crippen LogP) is 2.40. The lowest BCUT2D eigenvalue weighted by Crippen LogP contribution is -2.06. The van der Waals surface area contributed by atoms with Crippen molar-refractivity contribution in [2.45, 2.75) is 19.4 Å². The van der Waals surface area contributed by atoms with Gasteiger partial charge in [0.15, 0.2) is 0 Å². The molecule has 0 fully saturated rings. The molecule has 0 N–H and O–H groups in total. The van der Waals surface area contributed by atoms with Crippen molar-refractivity contribution < 1.29 is 14.3 Å². The third kappa shape index (κ3) is 1.79. The van der Waals surface area contributed by atoms with Gasteiger partial charge >= 0.3 is 0 Å². The Morgan fingerprint density at radius 2 is 2.33 bits per heavy atom. The Morgan fingerprint density at radius 3 is 2.93 bits per heavy atom. The largest absolute Gasteiger partial charge is 0.497 e. The van der Waals surface area contributed by atoms with Gasteiger partial charge in [-0.05, 0) is 30.7 Å². The second-order valence-electron chi connectivity index (χ2n) is 3.57. The molecule has 0 spiro atoms. The van der Waals surface area contributed by atoms with E-state index in [1.165, 1.54) is 0 Å². The van der Waals surface area contributed by atoms with Gasteiger partial charge in [0.05, 0.1) is 12.7 Å². The molecule has 3 nitrogen and oxygen atoms in total. The molecule has 4 heteroatoms. The fourth-order valence-electron chi connectivity index (χ4n) is 1.77. The molecule has 0 amide bonds. The number of halogens is 1. The van der Waals surface area contributed by atoms with Crippen molar-refractivity contribution >= 4 is 16.8 Å². The standard InChI is InChI=1S/C11H11ClO3/c1-6-3-7-4-8(14-2)5-9(11(12)13)10(7)15-6/h4-6H,3H2,1-2H3. The molecule has 0 radical (unpaired) electrons. The van der Waals surface area contributed by atoms with E-state index in [4.69, 9.17) is 21.1 Å². The van der Waals surface area contributed by atoms with Crippen molar-refractivity contribution in [1.82, 2.24) is 0 Å². The average molecular weight is 227 g/mol. The molecule has 1 unspecified atom stereocenters. The van der Waals surface area contributed by atoms with Crippen molar-refractivity contribution in [3.05, 3.63) is 23.3 Å². The molecule has 1 aliphatic rings.